The molecule has 5 nitrogen and oxygen atoms in total. The maximum Gasteiger partial charge on any atom is 0.252 e. The van der Waals surface area contributed by atoms with E-state index in [4.69, 9.17) is 4.42 Å². The number of para-hydroxylation sites is 1. The number of furan rings is 1. The van der Waals surface area contributed by atoms with Crippen LogP contribution in [0.4, 0.5) is 0 Å². The first-order valence-electron chi connectivity index (χ1n) is 7.38. The second-order valence-corrected chi connectivity index (χ2v) is 5.74. The molecular formula is C18H18N2O3. The Kier molecular flexibility index (Phi) is 3.88. The maximum absolute atomic E-state index is 12.5. The molecule has 0 aliphatic rings. The number of aromatic nitrogens is 1. The largest absolute Gasteiger partial charge is 0.463 e. The van der Waals surface area contributed by atoms with Crippen molar-refractivity contribution in [2.45, 2.75) is 19.4 Å². The Morgan fingerprint density at radius 3 is 2.78 bits per heavy atom. The highest BCUT2D eigenvalue weighted by atomic mass is 16.4. The van der Waals surface area contributed by atoms with Gasteiger partial charge in [-0.25, -0.2) is 0 Å². The Balaban J connectivity index is 1.79. The number of nitrogens with zero attached hydrogens (tertiary/aromatic N) is 1. The van der Waals surface area contributed by atoms with Crippen molar-refractivity contribution >= 4 is 16.8 Å². The van der Waals surface area contributed by atoms with Gasteiger partial charge in [0, 0.05) is 11.6 Å². The van der Waals surface area contributed by atoms with E-state index < -0.39 is 5.60 Å². The van der Waals surface area contributed by atoms with Crippen molar-refractivity contribution in [3.05, 3.63) is 65.7 Å². The molecule has 2 N–H and O–H groups in total. The normalized spacial score (nSPS) is 13.7. The third-order valence-electron chi connectivity index (χ3n) is 3.76. The number of hydrogen-bond donors (Lipinski definition) is 2. The summed E-state index contributed by atoms with van der Waals surface area (Å²) in [4.78, 5) is 16.7. The van der Waals surface area contributed by atoms with E-state index >= 15 is 0 Å². The molecule has 0 saturated heterocycles. The highest BCUT2D eigenvalue weighted by Gasteiger charge is 2.27. The molecular weight excluding hydrogens is 292 g/mol. The van der Waals surface area contributed by atoms with Crippen LogP contribution in [0.5, 0.6) is 0 Å². The van der Waals surface area contributed by atoms with Crippen molar-refractivity contribution in [3.8, 4) is 0 Å². The first-order chi connectivity index (χ1) is 11.0. The number of benzene rings is 1. The van der Waals surface area contributed by atoms with E-state index in [9.17, 15) is 9.90 Å². The quantitative estimate of drug-likeness (QED) is 0.777. The van der Waals surface area contributed by atoms with Crippen LogP contribution in [0.3, 0.4) is 0 Å². The Labute approximate surface area is 134 Å². The van der Waals surface area contributed by atoms with Gasteiger partial charge in [-0.1, -0.05) is 18.2 Å². The minimum Gasteiger partial charge on any atom is -0.463 e. The Morgan fingerprint density at radius 2 is 2.04 bits per heavy atom. The number of carbonyl (C=O) groups is 1. The molecule has 2 heterocycles. The number of pyridine rings is 1. The van der Waals surface area contributed by atoms with E-state index in [-0.39, 0.29) is 12.5 Å². The van der Waals surface area contributed by atoms with Crippen molar-refractivity contribution in [3.63, 3.8) is 0 Å². The minimum atomic E-state index is -1.27. The number of fused-ring (bicyclic) bond motifs is 1. The Morgan fingerprint density at radius 1 is 1.26 bits per heavy atom. The molecule has 3 rings (SSSR count). The second-order valence-electron chi connectivity index (χ2n) is 5.74. The van der Waals surface area contributed by atoms with E-state index in [0.29, 0.717) is 17.1 Å². The molecule has 0 aliphatic heterocycles. The van der Waals surface area contributed by atoms with Crippen LogP contribution in [-0.2, 0) is 5.60 Å². The topological polar surface area (TPSA) is 75.4 Å². The number of hydrogen-bond acceptors (Lipinski definition) is 4. The number of aryl methyl sites for hydroxylation is 1. The predicted octanol–water partition coefficient (Wildman–Crippen LogP) is 2.77. The van der Waals surface area contributed by atoms with Gasteiger partial charge in [0.15, 0.2) is 0 Å². The molecule has 118 valence electrons. The van der Waals surface area contributed by atoms with Crippen LogP contribution in [-0.4, -0.2) is 22.5 Å². The van der Waals surface area contributed by atoms with Crippen LogP contribution in [0.15, 0.2) is 53.1 Å². The Hall–Kier alpha value is -2.66. The fraction of sp³-hybridized carbons (Fsp3) is 0.222. The van der Waals surface area contributed by atoms with Gasteiger partial charge in [0.05, 0.1) is 17.6 Å². The molecule has 0 radical (unpaired) electrons. The first-order valence-corrected chi connectivity index (χ1v) is 7.38. The smallest absolute Gasteiger partial charge is 0.252 e. The van der Waals surface area contributed by atoms with Gasteiger partial charge in [-0.05, 0) is 38.1 Å². The molecule has 0 saturated carbocycles. The van der Waals surface area contributed by atoms with Crippen LogP contribution < -0.4 is 5.32 Å². The molecule has 1 atom stereocenters. The third-order valence-corrected chi connectivity index (χ3v) is 3.76. The van der Waals surface area contributed by atoms with Crippen LogP contribution in [0, 0.1) is 6.92 Å². The van der Waals surface area contributed by atoms with Gasteiger partial charge in [-0.2, -0.15) is 0 Å². The van der Waals surface area contributed by atoms with E-state index in [1.807, 2.05) is 24.3 Å². The van der Waals surface area contributed by atoms with Gasteiger partial charge >= 0.3 is 0 Å². The van der Waals surface area contributed by atoms with Crippen molar-refractivity contribution < 1.29 is 14.3 Å². The van der Waals surface area contributed by atoms with Crippen molar-refractivity contribution in [2.75, 3.05) is 6.54 Å². The monoisotopic (exact) mass is 310 g/mol. The fourth-order valence-corrected chi connectivity index (χ4v) is 2.45. The fourth-order valence-electron chi connectivity index (χ4n) is 2.45. The van der Waals surface area contributed by atoms with Crippen LogP contribution >= 0.6 is 0 Å². The summed E-state index contributed by atoms with van der Waals surface area (Å²) in [6, 6.07) is 12.6. The zero-order valence-electron chi connectivity index (χ0n) is 13.0. The van der Waals surface area contributed by atoms with E-state index in [1.54, 1.807) is 38.2 Å². The average molecular weight is 310 g/mol. The van der Waals surface area contributed by atoms with Gasteiger partial charge in [-0.3, -0.25) is 9.78 Å². The lowest BCUT2D eigenvalue weighted by Crippen LogP contribution is -2.38. The lowest BCUT2D eigenvalue weighted by atomic mass is 10.0. The molecule has 5 heteroatoms. The van der Waals surface area contributed by atoms with Gasteiger partial charge in [0.25, 0.3) is 5.91 Å². The molecule has 2 aromatic heterocycles. The third kappa shape index (κ3) is 3.10. The lowest BCUT2D eigenvalue weighted by molar-refractivity contribution is 0.0323. The molecule has 23 heavy (non-hydrogen) atoms. The lowest BCUT2D eigenvalue weighted by Gasteiger charge is -2.21. The number of rotatable bonds is 4. The summed E-state index contributed by atoms with van der Waals surface area (Å²) in [7, 11) is 0. The minimum absolute atomic E-state index is 0.0510. The zero-order chi connectivity index (χ0) is 16.4. The van der Waals surface area contributed by atoms with Gasteiger partial charge in [0.1, 0.15) is 17.1 Å². The molecule has 1 aromatic carbocycles. The second kappa shape index (κ2) is 5.85. The maximum atomic E-state index is 12.5. The number of amides is 1. The van der Waals surface area contributed by atoms with Crippen molar-refractivity contribution in [2.24, 2.45) is 0 Å². The highest BCUT2D eigenvalue weighted by Crippen LogP contribution is 2.22. The first kappa shape index (κ1) is 15.2. The molecule has 0 aliphatic carbocycles. The summed E-state index contributed by atoms with van der Waals surface area (Å²) < 4.78 is 5.45. The van der Waals surface area contributed by atoms with Gasteiger partial charge in [0.2, 0.25) is 0 Å². The summed E-state index contributed by atoms with van der Waals surface area (Å²) in [5.74, 6) is 0.883. The molecule has 1 unspecified atom stereocenters. The standard InChI is InChI=1S/C18H18N2O3/c1-12-7-8-16(23-12)18(2,22)11-20-17(21)14-9-10-19-15-6-4-3-5-13(14)15/h3-10,22H,11H2,1-2H3,(H,20,21). The van der Waals surface area contributed by atoms with Crippen LogP contribution in [0.25, 0.3) is 10.9 Å². The van der Waals surface area contributed by atoms with Crippen molar-refractivity contribution in [1.82, 2.24) is 10.3 Å². The molecule has 0 spiro atoms. The van der Waals surface area contributed by atoms with E-state index in [2.05, 4.69) is 10.3 Å². The summed E-state index contributed by atoms with van der Waals surface area (Å²) in [5.41, 5.74) is 0.0165. The molecule has 3 aromatic rings. The van der Waals surface area contributed by atoms with Crippen LogP contribution in [0.2, 0.25) is 0 Å². The van der Waals surface area contributed by atoms with E-state index in [1.165, 1.54) is 0 Å². The molecule has 0 fully saturated rings. The van der Waals surface area contributed by atoms with Gasteiger partial charge < -0.3 is 14.8 Å². The summed E-state index contributed by atoms with van der Waals surface area (Å²) in [5, 5.41) is 14.0. The van der Waals surface area contributed by atoms with E-state index in [0.717, 1.165) is 10.9 Å². The Bertz CT molecular complexity index is 847. The summed E-state index contributed by atoms with van der Waals surface area (Å²) in [6.07, 6.45) is 1.60. The average Bonchev–Trinajstić information content (AvgIpc) is 2.99. The number of nitrogens with one attached hydrogen (secondary N) is 1. The molecule has 0 bridgehead atoms. The molecule has 1 amide bonds. The number of aliphatic hydroxyl groups is 1. The summed E-state index contributed by atoms with van der Waals surface area (Å²) in [6.45, 7) is 3.47. The SMILES string of the molecule is Cc1ccc(C(C)(O)CNC(=O)c2ccnc3ccccc23)o1. The van der Waals surface area contributed by atoms with Gasteiger partial charge in [-0.15, -0.1) is 0 Å². The van der Waals surface area contributed by atoms with Crippen LogP contribution in [0.1, 0.15) is 28.8 Å². The van der Waals surface area contributed by atoms with Crippen molar-refractivity contribution in [1.29, 1.82) is 0 Å². The number of carbonyl (C=O) groups excluding carboxylic acids is 1. The highest BCUT2D eigenvalue weighted by molar-refractivity contribution is 6.05. The zero-order valence-corrected chi connectivity index (χ0v) is 13.0. The predicted molar refractivity (Wildman–Crippen MR) is 87.1 cm³/mol. The summed E-state index contributed by atoms with van der Waals surface area (Å²) >= 11 is 0.